The molecule has 156 valence electrons. The molecule has 0 bridgehead atoms. The minimum atomic E-state index is -3.71. The molecule has 0 aromatic heterocycles. The highest BCUT2D eigenvalue weighted by atomic mass is 35.5. The lowest BCUT2D eigenvalue weighted by molar-refractivity contribution is -0.116. The lowest BCUT2D eigenvalue weighted by atomic mass is 10.1. The second-order valence-electron chi connectivity index (χ2n) is 7.48. The molecule has 0 unspecified atom stereocenters. The monoisotopic (exact) mass is 435 g/mol. The van der Waals surface area contributed by atoms with Crippen molar-refractivity contribution in [2.75, 3.05) is 25.0 Å². The number of hydrogen-bond donors (Lipinski definition) is 1. The molecule has 2 aromatic carbocycles. The van der Waals surface area contributed by atoms with Crippen LogP contribution in [0, 0.1) is 20.8 Å². The van der Waals surface area contributed by atoms with Gasteiger partial charge >= 0.3 is 0 Å². The fourth-order valence-electron chi connectivity index (χ4n) is 3.65. The predicted molar refractivity (Wildman–Crippen MR) is 116 cm³/mol. The van der Waals surface area contributed by atoms with E-state index in [-0.39, 0.29) is 19.0 Å². The van der Waals surface area contributed by atoms with E-state index in [9.17, 15) is 13.2 Å². The zero-order valence-corrected chi connectivity index (χ0v) is 18.5. The third-order valence-corrected chi connectivity index (χ3v) is 7.18. The summed E-state index contributed by atoms with van der Waals surface area (Å²) in [6.45, 7) is 6.68. The highest BCUT2D eigenvalue weighted by Gasteiger charge is 2.34. The fourth-order valence-corrected chi connectivity index (χ4v) is 5.41. The van der Waals surface area contributed by atoms with Crippen LogP contribution < -0.4 is 5.32 Å². The van der Waals surface area contributed by atoms with Gasteiger partial charge < -0.3 is 5.32 Å². The molecule has 0 aliphatic carbocycles. The van der Waals surface area contributed by atoms with Crippen LogP contribution in [-0.4, -0.2) is 42.6 Å². The number of rotatable bonds is 5. The Morgan fingerprint density at radius 1 is 1.03 bits per heavy atom. The lowest BCUT2D eigenvalue weighted by Gasteiger charge is -2.34. The van der Waals surface area contributed by atoms with Crippen LogP contribution in [-0.2, 0) is 21.5 Å². The van der Waals surface area contributed by atoms with Gasteiger partial charge in [-0.05, 0) is 56.0 Å². The minimum absolute atomic E-state index is 0.202. The molecule has 1 amide bonds. The van der Waals surface area contributed by atoms with Gasteiger partial charge in [0.2, 0.25) is 5.91 Å². The number of hydrogen-bond acceptors (Lipinski definition) is 3. The Morgan fingerprint density at radius 3 is 2.24 bits per heavy atom. The molecule has 8 heteroatoms. The molecule has 29 heavy (non-hydrogen) atoms. The van der Waals surface area contributed by atoms with Crippen LogP contribution in [0.1, 0.15) is 28.7 Å². The maximum Gasteiger partial charge on any atom is 0.282 e. The molecular weight excluding hydrogens is 410 g/mol. The van der Waals surface area contributed by atoms with Crippen molar-refractivity contribution in [3.63, 3.8) is 0 Å². The number of benzene rings is 2. The molecule has 0 spiro atoms. The van der Waals surface area contributed by atoms with Gasteiger partial charge in [0.1, 0.15) is 0 Å². The van der Waals surface area contributed by atoms with Crippen molar-refractivity contribution >= 4 is 33.4 Å². The van der Waals surface area contributed by atoms with Gasteiger partial charge in [0, 0.05) is 30.3 Å². The van der Waals surface area contributed by atoms with Crippen molar-refractivity contribution in [3.8, 4) is 0 Å². The van der Waals surface area contributed by atoms with Gasteiger partial charge in [0.05, 0.1) is 6.54 Å². The molecule has 1 aliphatic rings. The second kappa shape index (κ2) is 8.83. The SMILES string of the molecule is Cc1cc(C)c(NC(=O)CN2CCCN(Cc3ccc(Cl)cc3)S2(=O)=O)c(C)c1. The van der Waals surface area contributed by atoms with Crippen molar-refractivity contribution in [2.45, 2.75) is 33.7 Å². The molecule has 1 heterocycles. The van der Waals surface area contributed by atoms with Gasteiger partial charge in [0.15, 0.2) is 0 Å². The van der Waals surface area contributed by atoms with Crippen LogP contribution in [0.25, 0.3) is 0 Å². The van der Waals surface area contributed by atoms with Crippen LogP contribution in [0.15, 0.2) is 36.4 Å². The predicted octanol–water partition coefficient (Wildman–Crippen LogP) is 3.66. The first-order chi connectivity index (χ1) is 13.7. The molecule has 0 radical (unpaired) electrons. The van der Waals surface area contributed by atoms with Crippen molar-refractivity contribution in [3.05, 3.63) is 63.7 Å². The molecule has 6 nitrogen and oxygen atoms in total. The minimum Gasteiger partial charge on any atom is -0.324 e. The average molecular weight is 436 g/mol. The zero-order chi connectivity index (χ0) is 21.2. The summed E-state index contributed by atoms with van der Waals surface area (Å²) in [6.07, 6.45) is 0.669. The number of carbonyl (C=O) groups excluding carboxylic acids is 1. The van der Waals surface area contributed by atoms with Crippen molar-refractivity contribution in [1.82, 2.24) is 8.61 Å². The number of nitrogens with zero attached hydrogens (tertiary/aromatic N) is 2. The Hall–Kier alpha value is -1.93. The molecule has 0 saturated carbocycles. The van der Waals surface area contributed by atoms with E-state index in [2.05, 4.69) is 5.32 Å². The number of nitrogens with one attached hydrogen (secondary N) is 1. The first-order valence-corrected chi connectivity index (χ1v) is 11.3. The number of halogens is 1. The summed E-state index contributed by atoms with van der Waals surface area (Å²) in [5, 5.41) is 3.49. The van der Waals surface area contributed by atoms with Crippen LogP contribution in [0.2, 0.25) is 5.02 Å². The first-order valence-electron chi connectivity index (χ1n) is 9.54. The third-order valence-electron chi connectivity index (χ3n) is 5.00. The van der Waals surface area contributed by atoms with Crippen LogP contribution >= 0.6 is 11.6 Å². The van der Waals surface area contributed by atoms with Crippen molar-refractivity contribution in [1.29, 1.82) is 0 Å². The molecular formula is C21H26ClN3O3S. The molecule has 1 N–H and O–H groups in total. The molecule has 2 aromatic rings. The number of carbonyl (C=O) groups is 1. The summed E-state index contributed by atoms with van der Waals surface area (Å²) in [5.41, 5.74) is 4.64. The first kappa shape index (κ1) is 21.8. The van der Waals surface area contributed by atoms with Gasteiger partial charge in [-0.1, -0.05) is 41.4 Å². The highest BCUT2D eigenvalue weighted by Crippen LogP contribution is 2.23. The third kappa shape index (κ3) is 5.17. The summed E-state index contributed by atoms with van der Waals surface area (Å²) >= 11 is 5.90. The summed E-state index contributed by atoms with van der Waals surface area (Å²) in [7, 11) is -3.71. The van der Waals surface area contributed by atoms with Crippen molar-refractivity contribution in [2.24, 2.45) is 0 Å². The summed E-state index contributed by atoms with van der Waals surface area (Å²) in [6, 6.07) is 11.1. The summed E-state index contributed by atoms with van der Waals surface area (Å²) in [4.78, 5) is 12.6. The van der Waals surface area contributed by atoms with Gasteiger partial charge in [-0.2, -0.15) is 17.0 Å². The smallest absolute Gasteiger partial charge is 0.282 e. The van der Waals surface area contributed by atoms with Crippen LogP contribution in [0.3, 0.4) is 0 Å². The largest absolute Gasteiger partial charge is 0.324 e. The van der Waals surface area contributed by atoms with E-state index >= 15 is 0 Å². The quantitative estimate of drug-likeness (QED) is 0.779. The maximum absolute atomic E-state index is 13.0. The van der Waals surface area contributed by atoms with Gasteiger partial charge in [-0.3, -0.25) is 4.79 Å². The van der Waals surface area contributed by atoms with E-state index in [0.29, 0.717) is 24.5 Å². The highest BCUT2D eigenvalue weighted by molar-refractivity contribution is 7.86. The topological polar surface area (TPSA) is 69.7 Å². The Balaban J connectivity index is 1.70. The number of aryl methyl sites for hydroxylation is 3. The van der Waals surface area contributed by atoms with E-state index in [1.165, 1.54) is 8.61 Å². The van der Waals surface area contributed by atoms with Crippen LogP contribution in [0.4, 0.5) is 5.69 Å². The molecule has 1 saturated heterocycles. The van der Waals surface area contributed by atoms with E-state index in [1.807, 2.05) is 45.0 Å². The Kier molecular flexibility index (Phi) is 6.63. The molecule has 3 rings (SSSR count). The van der Waals surface area contributed by atoms with Gasteiger partial charge in [-0.25, -0.2) is 0 Å². The van der Waals surface area contributed by atoms with E-state index < -0.39 is 10.2 Å². The summed E-state index contributed by atoms with van der Waals surface area (Å²) in [5.74, 6) is -0.336. The Bertz CT molecular complexity index is 983. The Labute approximate surface area is 177 Å². The standard InChI is InChI=1S/C21H26ClN3O3S/c1-15-11-16(2)21(17(3)12-15)23-20(26)14-25-10-4-9-24(29(25,27)28)13-18-5-7-19(22)8-6-18/h5-8,11-12H,4,9-10,13-14H2,1-3H3,(H,23,26). The van der Waals surface area contributed by atoms with E-state index in [0.717, 1.165) is 27.9 Å². The summed E-state index contributed by atoms with van der Waals surface area (Å²) < 4.78 is 28.7. The molecule has 1 fully saturated rings. The number of anilines is 1. The zero-order valence-electron chi connectivity index (χ0n) is 16.9. The number of amides is 1. The average Bonchev–Trinajstić information content (AvgIpc) is 2.63. The van der Waals surface area contributed by atoms with Crippen LogP contribution in [0.5, 0.6) is 0 Å². The van der Waals surface area contributed by atoms with E-state index in [1.54, 1.807) is 12.1 Å². The fraction of sp³-hybridized carbons (Fsp3) is 0.381. The van der Waals surface area contributed by atoms with E-state index in [4.69, 9.17) is 11.6 Å². The molecule has 0 atom stereocenters. The van der Waals surface area contributed by atoms with Gasteiger partial charge in [0.25, 0.3) is 10.2 Å². The lowest BCUT2D eigenvalue weighted by Crippen LogP contribution is -2.51. The normalized spacial score (nSPS) is 17.2. The second-order valence-corrected chi connectivity index (χ2v) is 9.84. The maximum atomic E-state index is 13.0. The molecule has 1 aliphatic heterocycles. The Morgan fingerprint density at radius 2 is 1.62 bits per heavy atom. The van der Waals surface area contributed by atoms with Gasteiger partial charge in [-0.15, -0.1) is 0 Å². The van der Waals surface area contributed by atoms with Crippen molar-refractivity contribution < 1.29 is 13.2 Å².